The fourth-order valence-electron chi connectivity index (χ4n) is 1.99. The highest BCUT2D eigenvalue weighted by Crippen LogP contribution is 2.28. The monoisotopic (exact) mass is 310 g/mol. The minimum absolute atomic E-state index is 0.0851. The molecule has 21 heavy (non-hydrogen) atoms. The number of hydrogen-bond donors (Lipinski definition) is 1. The van der Waals surface area contributed by atoms with Gasteiger partial charge in [-0.1, -0.05) is 23.7 Å². The van der Waals surface area contributed by atoms with Crippen molar-refractivity contribution in [2.75, 3.05) is 33.4 Å². The molecule has 1 aromatic carbocycles. The molecule has 6 heteroatoms. The Morgan fingerprint density at radius 2 is 2.14 bits per heavy atom. The van der Waals surface area contributed by atoms with Crippen molar-refractivity contribution in [3.8, 4) is 11.3 Å². The van der Waals surface area contributed by atoms with Crippen molar-refractivity contribution >= 4 is 11.6 Å². The Hall–Kier alpha value is -1.40. The van der Waals surface area contributed by atoms with Gasteiger partial charge in [-0.15, -0.1) is 0 Å². The molecule has 0 saturated heterocycles. The highest BCUT2D eigenvalue weighted by Gasteiger charge is 2.12. The van der Waals surface area contributed by atoms with E-state index >= 15 is 0 Å². The second kappa shape index (κ2) is 8.14. The van der Waals surface area contributed by atoms with E-state index in [0.29, 0.717) is 42.9 Å². The molecule has 0 amide bonds. The van der Waals surface area contributed by atoms with Crippen LogP contribution in [0.3, 0.4) is 0 Å². The van der Waals surface area contributed by atoms with Crippen LogP contribution in [-0.2, 0) is 11.3 Å². The van der Waals surface area contributed by atoms with Crippen LogP contribution in [0.15, 0.2) is 34.9 Å². The van der Waals surface area contributed by atoms with Crippen molar-refractivity contribution in [3.05, 3.63) is 41.4 Å². The van der Waals surface area contributed by atoms with Crippen LogP contribution in [-0.4, -0.2) is 48.4 Å². The number of methoxy groups -OCH3 is 1. The van der Waals surface area contributed by atoms with Crippen molar-refractivity contribution in [2.45, 2.75) is 6.54 Å². The number of oxazole rings is 1. The summed E-state index contributed by atoms with van der Waals surface area (Å²) in [6.45, 7) is 2.46. The number of nitrogens with zero attached hydrogens (tertiary/aromatic N) is 2. The summed E-state index contributed by atoms with van der Waals surface area (Å²) in [6, 6.07) is 7.48. The molecule has 5 nitrogen and oxygen atoms in total. The Labute approximate surface area is 129 Å². The van der Waals surface area contributed by atoms with Gasteiger partial charge >= 0.3 is 0 Å². The lowest BCUT2D eigenvalue weighted by Gasteiger charge is -2.18. The van der Waals surface area contributed by atoms with E-state index in [1.54, 1.807) is 13.3 Å². The van der Waals surface area contributed by atoms with E-state index in [4.69, 9.17) is 25.9 Å². The van der Waals surface area contributed by atoms with Gasteiger partial charge in [0.2, 0.25) is 5.89 Å². The summed E-state index contributed by atoms with van der Waals surface area (Å²) < 4.78 is 10.8. The minimum atomic E-state index is 0.0851. The van der Waals surface area contributed by atoms with Crippen LogP contribution < -0.4 is 0 Å². The normalized spacial score (nSPS) is 11.2. The molecule has 0 saturated carbocycles. The Bertz CT molecular complexity index is 559. The molecule has 0 aliphatic carbocycles. The summed E-state index contributed by atoms with van der Waals surface area (Å²) in [6.07, 6.45) is 1.67. The molecule has 0 radical (unpaired) electrons. The first-order valence-corrected chi connectivity index (χ1v) is 7.14. The van der Waals surface area contributed by atoms with Crippen molar-refractivity contribution in [3.63, 3.8) is 0 Å². The van der Waals surface area contributed by atoms with Crippen LogP contribution in [0.4, 0.5) is 0 Å². The van der Waals surface area contributed by atoms with Crippen molar-refractivity contribution in [1.82, 2.24) is 9.88 Å². The summed E-state index contributed by atoms with van der Waals surface area (Å²) >= 11 is 6.14. The Morgan fingerprint density at radius 1 is 1.33 bits per heavy atom. The molecule has 0 aliphatic rings. The molecule has 1 aromatic heterocycles. The Morgan fingerprint density at radius 3 is 2.86 bits per heavy atom. The summed E-state index contributed by atoms with van der Waals surface area (Å²) in [4.78, 5) is 6.29. The van der Waals surface area contributed by atoms with Crippen LogP contribution in [0, 0.1) is 0 Å². The lowest BCUT2D eigenvalue weighted by Crippen LogP contribution is -2.29. The molecule has 0 bridgehead atoms. The fraction of sp³-hybridized carbons (Fsp3) is 0.400. The molecule has 1 N–H and O–H groups in total. The lowest BCUT2D eigenvalue weighted by atomic mass is 10.2. The molecule has 0 aliphatic heterocycles. The van der Waals surface area contributed by atoms with Crippen LogP contribution in [0.25, 0.3) is 11.3 Å². The average molecular weight is 311 g/mol. The van der Waals surface area contributed by atoms with Gasteiger partial charge in [-0.2, -0.15) is 0 Å². The van der Waals surface area contributed by atoms with Crippen LogP contribution in [0.5, 0.6) is 0 Å². The van der Waals surface area contributed by atoms with Crippen LogP contribution in [0.1, 0.15) is 5.89 Å². The highest BCUT2D eigenvalue weighted by atomic mass is 35.5. The fourth-order valence-corrected chi connectivity index (χ4v) is 2.22. The zero-order chi connectivity index (χ0) is 15.1. The number of hydrogen-bond acceptors (Lipinski definition) is 5. The van der Waals surface area contributed by atoms with Gasteiger partial charge in [-0.3, -0.25) is 4.90 Å². The van der Waals surface area contributed by atoms with E-state index in [0.717, 1.165) is 5.56 Å². The number of halogens is 1. The van der Waals surface area contributed by atoms with Gasteiger partial charge in [0.15, 0.2) is 5.76 Å². The van der Waals surface area contributed by atoms with Gasteiger partial charge in [0, 0.05) is 25.8 Å². The van der Waals surface area contributed by atoms with Crippen LogP contribution >= 0.6 is 11.6 Å². The lowest BCUT2D eigenvalue weighted by molar-refractivity contribution is 0.121. The Kier molecular flexibility index (Phi) is 6.20. The predicted octanol–water partition coefficient (Wildman–Crippen LogP) is 2.44. The number of rotatable bonds is 8. The van der Waals surface area contributed by atoms with E-state index in [1.165, 1.54) is 0 Å². The molecule has 1 heterocycles. The second-order valence-corrected chi connectivity index (χ2v) is 5.00. The van der Waals surface area contributed by atoms with Gasteiger partial charge in [0.25, 0.3) is 0 Å². The molecule has 0 spiro atoms. The molecule has 2 aromatic rings. The van der Waals surface area contributed by atoms with E-state index in [2.05, 4.69) is 4.98 Å². The third-order valence-electron chi connectivity index (χ3n) is 3.08. The number of aliphatic hydroxyl groups excluding tert-OH is 1. The third kappa shape index (κ3) is 4.54. The van der Waals surface area contributed by atoms with Crippen LogP contribution in [0.2, 0.25) is 5.02 Å². The number of aliphatic hydroxyl groups is 1. The second-order valence-electron chi connectivity index (χ2n) is 4.59. The van der Waals surface area contributed by atoms with Gasteiger partial charge in [-0.05, 0) is 12.1 Å². The maximum absolute atomic E-state index is 9.08. The predicted molar refractivity (Wildman–Crippen MR) is 81.2 cm³/mol. The smallest absolute Gasteiger partial charge is 0.209 e. The number of benzene rings is 1. The average Bonchev–Trinajstić information content (AvgIpc) is 2.94. The van der Waals surface area contributed by atoms with E-state index < -0.39 is 0 Å². The standard InChI is InChI=1S/C15H19ClN2O3/c1-20-9-7-18(6-8-19)11-15-17-10-14(21-15)12-4-2-3-5-13(12)16/h2-5,10,19H,6-9,11H2,1H3. The largest absolute Gasteiger partial charge is 0.439 e. The first kappa shape index (κ1) is 16.0. The van der Waals surface area contributed by atoms with E-state index in [1.807, 2.05) is 29.2 Å². The molecule has 114 valence electrons. The van der Waals surface area contributed by atoms with Crippen molar-refractivity contribution in [2.24, 2.45) is 0 Å². The summed E-state index contributed by atoms with van der Waals surface area (Å²) in [5.74, 6) is 1.24. The molecule has 2 rings (SSSR count). The molecular formula is C15H19ClN2O3. The quantitative estimate of drug-likeness (QED) is 0.811. The summed E-state index contributed by atoms with van der Waals surface area (Å²) in [5, 5.41) is 9.71. The van der Waals surface area contributed by atoms with Gasteiger partial charge in [0.1, 0.15) is 0 Å². The zero-order valence-electron chi connectivity index (χ0n) is 12.0. The minimum Gasteiger partial charge on any atom is -0.439 e. The molecular weight excluding hydrogens is 292 g/mol. The van der Waals surface area contributed by atoms with Gasteiger partial charge in [-0.25, -0.2) is 4.98 Å². The first-order chi connectivity index (χ1) is 10.2. The van der Waals surface area contributed by atoms with Gasteiger partial charge < -0.3 is 14.3 Å². The molecule has 0 atom stereocenters. The maximum Gasteiger partial charge on any atom is 0.209 e. The Balaban J connectivity index is 2.06. The van der Waals surface area contributed by atoms with E-state index in [9.17, 15) is 0 Å². The summed E-state index contributed by atoms with van der Waals surface area (Å²) in [5.41, 5.74) is 0.823. The van der Waals surface area contributed by atoms with Crippen molar-refractivity contribution in [1.29, 1.82) is 0 Å². The first-order valence-electron chi connectivity index (χ1n) is 6.76. The molecule has 0 fully saturated rings. The number of ether oxygens (including phenoxy) is 1. The summed E-state index contributed by atoms with van der Waals surface area (Å²) in [7, 11) is 1.65. The van der Waals surface area contributed by atoms with Crippen molar-refractivity contribution < 1.29 is 14.3 Å². The van der Waals surface area contributed by atoms with E-state index in [-0.39, 0.29) is 6.61 Å². The highest BCUT2D eigenvalue weighted by molar-refractivity contribution is 6.33. The number of aromatic nitrogens is 1. The maximum atomic E-state index is 9.08. The molecule has 0 unspecified atom stereocenters. The zero-order valence-corrected chi connectivity index (χ0v) is 12.7. The van der Waals surface area contributed by atoms with Gasteiger partial charge in [0.05, 0.1) is 31.0 Å². The SMILES string of the molecule is COCCN(CCO)Cc1ncc(-c2ccccc2Cl)o1. The topological polar surface area (TPSA) is 58.7 Å². The third-order valence-corrected chi connectivity index (χ3v) is 3.41.